The lowest BCUT2D eigenvalue weighted by atomic mass is 9.97. The van der Waals surface area contributed by atoms with E-state index >= 15 is 0 Å². The molecule has 1 unspecified atom stereocenters. The van der Waals surface area contributed by atoms with Gasteiger partial charge in [0.1, 0.15) is 0 Å². The first-order chi connectivity index (χ1) is 14.2. The number of rotatable bonds is 8. The predicted molar refractivity (Wildman–Crippen MR) is 138 cm³/mol. The molecule has 30 heavy (non-hydrogen) atoms. The Balaban J connectivity index is 0.00000320. The molecule has 1 atom stereocenters. The first-order valence-corrected chi connectivity index (χ1v) is 11.6. The van der Waals surface area contributed by atoms with Crippen LogP contribution in [0.2, 0.25) is 0 Å². The van der Waals surface area contributed by atoms with Crippen LogP contribution in [0.3, 0.4) is 0 Å². The van der Waals surface area contributed by atoms with Gasteiger partial charge in [-0.3, -0.25) is 4.90 Å². The van der Waals surface area contributed by atoms with Crippen molar-refractivity contribution in [3.8, 4) is 0 Å². The molecule has 2 aromatic rings. The van der Waals surface area contributed by atoms with Crippen LogP contribution in [0, 0.1) is 5.92 Å². The first-order valence-electron chi connectivity index (χ1n) is 10.7. The summed E-state index contributed by atoms with van der Waals surface area (Å²) in [6, 6.07) is 12.7. The zero-order chi connectivity index (χ0) is 20.5. The Morgan fingerprint density at radius 3 is 2.53 bits per heavy atom. The lowest BCUT2D eigenvalue weighted by Crippen LogP contribution is -2.45. The van der Waals surface area contributed by atoms with E-state index in [2.05, 4.69) is 46.9 Å². The van der Waals surface area contributed by atoms with Crippen LogP contribution >= 0.6 is 35.3 Å². The fraction of sp³-hybridized carbons (Fsp3) is 0.522. The van der Waals surface area contributed by atoms with Crippen molar-refractivity contribution in [2.45, 2.75) is 45.9 Å². The van der Waals surface area contributed by atoms with Gasteiger partial charge in [-0.1, -0.05) is 37.3 Å². The van der Waals surface area contributed by atoms with Crippen LogP contribution in [0.5, 0.6) is 0 Å². The predicted octanol–water partition coefficient (Wildman–Crippen LogP) is 4.39. The fourth-order valence-electron chi connectivity index (χ4n) is 3.80. The van der Waals surface area contributed by atoms with Crippen molar-refractivity contribution < 1.29 is 5.11 Å². The van der Waals surface area contributed by atoms with Crippen LogP contribution in [0.25, 0.3) is 0 Å². The van der Waals surface area contributed by atoms with Gasteiger partial charge < -0.3 is 15.7 Å². The van der Waals surface area contributed by atoms with Crippen molar-refractivity contribution in [1.29, 1.82) is 0 Å². The van der Waals surface area contributed by atoms with Crippen molar-refractivity contribution in [1.82, 2.24) is 15.5 Å². The molecule has 2 heterocycles. The van der Waals surface area contributed by atoms with Gasteiger partial charge >= 0.3 is 0 Å². The molecule has 0 saturated carbocycles. The maximum atomic E-state index is 9.55. The standard InChI is InChI=1S/C23H34N4OS.HI/c1-3-24-23(25-15-19-7-4-5-8-20(19)17-28)26-16-21(22-9-6-14-29-22)27-12-10-18(2)11-13-27;/h4-9,14,18,21,28H,3,10-13,15-17H2,1-2H3,(H2,24,25,26);1H. The molecule has 1 aliphatic rings. The van der Waals surface area contributed by atoms with Crippen molar-refractivity contribution in [2.24, 2.45) is 10.9 Å². The summed E-state index contributed by atoms with van der Waals surface area (Å²) >= 11 is 1.84. The summed E-state index contributed by atoms with van der Waals surface area (Å²) in [5.74, 6) is 1.65. The number of aliphatic hydroxyl groups excluding tert-OH is 1. The molecule has 0 spiro atoms. The van der Waals surface area contributed by atoms with Gasteiger partial charge in [0.25, 0.3) is 0 Å². The maximum absolute atomic E-state index is 9.55. The number of nitrogens with one attached hydrogen (secondary N) is 2. The van der Waals surface area contributed by atoms with E-state index in [1.165, 1.54) is 17.7 Å². The molecular formula is C23H35IN4OS. The maximum Gasteiger partial charge on any atom is 0.191 e. The third-order valence-corrected chi connectivity index (χ3v) is 6.61. The molecule has 0 aliphatic carbocycles. The third kappa shape index (κ3) is 7.21. The van der Waals surface area contributed by atoms with E-state index in [1.807, 2.05) is 35.6 Å². The first kappa shape index (κ1) is 25.1. The molecule has 1 fully saturated rings. The van der Waals surface area contributed by atoms with Gasteiger partial charge in [-0.25, -0.2) is 4.99 Å². The Morgan fingerprint density at radius 2 is 1.90 bits per heavy atom. The van der Waals surface area contributed by atoms with Gasteiger partial charge in [0.2, 0.25) is 0 Å². The molecule has 0 bridgehead atoms. The third-order valence-electron chi connectivity index (χ3n) is 5.63. The summed E-state index contributed by atoms with van der Waals surface area (Å²) in [7, 11) is 0. The SMILES string of the molecule is CCNC(=NCc1ccccc1CO)NCC(c1cccs1)N1CCC(C)CC1.I. The second-order valence-electron chi connectivity index (χ2n) is 7.75. The molecule has 1 aliphatic heterocycles. The summed E-state index contributed by atoms with van der Waals surface area (Å²) < 4.78 is 0. The van der Waals surface area contributed by atoms with Crippen LogP contribution in [0.1, 0.15) is 48.7 Å². The van der Waals surface area contributed by atoms with E-state index in [0.29, 0.717) is 12.6 Å². The molecule has 1 saturated heterocycles. The van der Waals surface area contributed by atoms with Gasteiger partial charge in [-0.15, -0.1) is 35.3 Å². The molecule has 166 valence electrons. The van der Waals surface area contributed by atoms with E-state index in [1.54, 1.807) is 0 Å². The topological polar surface area (TPSA) is 59.9 Å². The average molecular weight is 543 g/mol. The van der Waals surface area contributed by atoms with Gasteiger partial charge in [0.15, 0.2) is 5.96 Å². The normalized spacial score (nSPS) is 16.7. The van der Waals surface area contributed by atoms with Gasteiger partial charge in [0.05, 0.1) is 19.2 Å². The Morgan fingerprint density at radius 1 is 1.17 bits per heavy atom. The monoisotopic (exact) mass is 542 g/mol. The molecule has 1 aromatic carbocycles. The zero-order valence-corrected chi connectivity index (χ0v) is 21.2. The highest BCUT2D eigenvalue weighted by atomic mass is 127. The molecule has 1 aromatic heterocycles. The number of thiophene rings is 1. The Hall–Kier alpha value is -1.16. The van der Waals surface area contributed by atoms with Gasteiger partial charge in [-0.2, -0.15) is 0 Å². The van der Waals surface area contributed by atoms with Crippen molar-refractivity contribution >= 4 is 41.3 Å². The van der Waals surface area contributed by atoms with E-state index in [0.717, 1.165) is 49.2 Å². The summed E-state index contributed by atoms with van der Waals surface area (Å²) in [4.78, 5) is 8.80. The number of guanidine groups is 1. The molecular weight excluding hydrogens is 507 g/mol. The van der Waals surface area contributed by atoms with Gasteiger partial charge in [0, 0.05) is 18.0 Å². The number of benzene rings is 1. The number of aliphatic hydroxyl groups is 1. The second kappa shape index (κ2) is 13.3. The highest BCUT2D eigenvalue weighted by Gasteiger charge is 2.25. The average Bonchev–Trinajstić information content (AvgIpc) is 3.28. The lowest BCUT2D eigenvalue weighted by molar-refractivity contribution is 0.140. The van der Waals surface area contributed by atoms with Crippen molar-refractivity contribution in [2.75, 3.05) is 26.2 Å². The molecule has 3 rings (SSSR count). The molecule has 0 amide bonds. The molecule has 3 N–H and O–H groups in total. The van der Waals surface area contributed by atoms with Crippen LogP contribution in [0.15, 0.2) is 46.8 Å². The van der Waals surface area contributed by atoms with Gasteiger partial charge in [-0.05, 0) is 61.3 Å². The van der Waals surface area contributed by atoms with E-state index in [4.69, 9.17) is 4.99 Å². The molecule has 5 nitrogen and oxygen atoms in total. The minimum absolute atomic E-state index is 0. The number of hydrogen-bond donors (Lipinski definition) is 3. The summed E-state index contributed by atoms with van der Waals surface area (Å²) in [5, 5.41) is 18.6. The van der Waals surface area contributed by atoms with Crippen LogP contribution in [-0.4, -0.2) is 42.1 Å². The number of halogens is 1. The van der Waals surface area contributed by atoms with Crippen LogP contribution in [-0.2, 0) is 13.2 Å². The number of likely N-dealkylation sites (tertiary alicyclic amines) is 1. The van der Waals surface area contributed by atoms with E-state index in [-0.39, 0.29) is 30.6 Å². The molecule has 7 heteroatoms. The smallest absolute Gasteiger partial charge is 0.191 e. The number of aliphatic imine (C=N–C) groups is 1. The number of nitrogens with zero attached hydrogens (tertiary/aromatic N) is 2. The number of piperidine rings is 1. The van der Waals surface area contributed by atoms with Crippen molar-refractivity contribution in [3.63, 3.8) is 0 Å². The second-order valence-corrected chi connectivity index (χ2v) is 8.73. The Labute approximate surface area is 202 Å². The van der Waals surface area contributed by atoms with Crippen molar-refractivity contribution in [3.05, 3.63) is 57.8 Å². The Bertz CT molecular complexity index is 760. The van der Waals surface area contributed by atoms with Crippen LogP contribution < -0.4 is 10.6 Å². The largest absolute Gasteiger partial charge is 0.392 e. The minimum atomic E-state index is 0. The summed E-state index contributed by atoms with van der Waals surface area (Å²) in [6.07, 6.45) is 2.54. The lowest BCUT2D eigenvalue weighted by Gasteiger charge is -2.36. The minimum Gasteiger partial charge on any atom is -0.392 e. The zero-order valence-electron chi connectivity index (χ0n) is 18.0. The summed E-state index contributed by atoms with van der Waals surface area (Å²) in [5.41, 5.74) is 2.00. The fourth-order valence-corrected chi connectivity index (χ4v) is 4.66. The van der Waals surface area contributed by atoms with E-state index in [9.17, 15) is 5.11 Å². The quantitative estimate of drug-likeness (QED) is 0.263. The number of hydrogen-bond acceptors (Lipinski definition) is 4. The van der Waals surface area contributed by atoms with Crippen LogP contribution in [0.4, 0.5) is 0 Å². The summed E-state index contributed by atoms with van der Waals surface area (Å²) in [6.45, 7) is 9.00. The van der Waals surface area contributed by atoms with E-state index < -0.39 is 0 Å². The highest BCUT2D eigenvalue weighted by molar-refractivity contribution is 14.0. The molecule has 0 radical (unpaired) electrons. The Kier molecular flexibility index (Phi) is 11.1. The highest BCUT2D eigenvalue weighted by Crippen LogP contribution is 2.29.